The lowest BCUT2D eigenvalue weighted by molar-refractivity contribution is -0.141. The van der Waals surface area contributed by atoms with Gasteiger partial charge in [0.1, 0.15) is 0 Å². The van der Waals surface area contributed by atoms with E-state index in [1.54, 1.807) is 31.3 Å². The molecule has 104 valence electrons. The molecule has 0 bridgehead atoms. The standard InChI is InChI=1S/C15H16N2O3/c1-17(13-4-2-3-10(7-13)9-16)14(18)11-5-6-12(8-11)15(19)20/h2-4,7,11-12H,5-6,8H2,1H3,(H,19,20). The van der Waals surface area contributed by atoms with Crippen LogP contribution in [0, 0.1) is 23.2 Å². The largest absolute Gasteiger partial charge is 0.481 e. The van der Waals surface area contributed by atoms with E-state index in [1.165, 1.54) is 4.90 Å². The van der Waals surface area contributed by atoms with E-state index < -0.39 is 11.9 Å². The molecule has 5 heteroatoms. The zero-order valence-corrected chi connectivity index (χ0v) is 11.2. The average Bonchev–Trinajstić information content (AvgIpc) is 2.95. The highest BCUT2D eigenvalue weighted by Gasteiger charge is 2.35. The van der Waals surface area contributed by atoms with Crippen molar-refractivity contribution in [3.05, 3.63) is 29.8 Å². The summed E-state index contributed by atoms with van der Waals surface area (Å²) in [7, 11) is 1.66. The van der Waals surface area contributed by atoms with Crippen LogP contribution < -0.4 is 4.90 Å². The van der Waals surface area contributed by atoms with Crippen molar-refractivity contribution in [1.29, 1.82) is 5.26 Å². The summed E-state index contributed by atoms with van der Waals surface area (Å²) in [6.07, 6.45) is 1.56. The zero-order valence-electron chi connectivity index (χ0n) is 11.2. The van der Waals surface area contributed by atoms with Gasteiger partial charge >= 0.3 is 5.97 Å². The van der Waals surface area contributed by atoms with Gasteiger partial charge in [0, 0.05) is 18.7 Å². The molecule has 2 atom stereocenters. The monoisotopic (exact) mass is 272 g/mol. The first-order chi connectivity index (χ1) is 9.52. The molecule has 2 rings (SSSR count). The summed E-state index contributed by atoms with van der Waals surface area (Å²) < 4.78 is 0. The van der Waals surface area contributed by atoms with Crippen LogP contribution in [0.2, 0.25) is 0 Å². The first-order valence-corrected chi connectivity index (χ1v) is 6.53. The van der Waals surface area contributed by atoms with E-state index in [9.17, 15) is 9.59 Å². The lowest BCUT2D eigenvalue weighted by atomic mass is 10.0. The minimum Gasteiger partial charge on any atom is -0.481 e. The number of carbonyl (C=O) groups is 2. The Kier molecular flexibility index (Phi) is 4.04. The Labute approximate surface area is 117 Å². The van der Waals surface area contributed by atoms with Gasteiger partial charge < -0.3 is 10.0 Å². The van der Waals surface area contributed by atoms with Crippen molar-refractivity contribution in [2.45, 2.75) is 19.3 Å². The lowest BCUT2D eigenvalue weighted by Gasteiger charge is -2.21. The predicted octanol–water partition coefficient (Wildman–Crippen LogP) is 2.02. The zero-order chi connectivity index (χ0) is 14.7. The van der Waals surface area contributed by atoms with Crippen molar-refractivity contribution in [3.8, 4) is 6.07 Å². The second kappa shape index (κ2) is 5.74. The van der Waals surface area contributed by atoms with Gasteiger partial charge in [-0.3, -0.25) is 9.59 Å². The summed E-state index contributed by atoms with van der Waals surface area (Å²) in [6.45, 7) is 0. The van der Waals surface area contributed by atoms with E-state index in [0.717, 1.165) is 0 Å². The molecule has 1 aliphatic rings. The summed E-state index contributed by atoms with van der Waals surface area (Å²) in [6, 6.07) is 8.86. The fourth-order valence-corrected chi connectivity index (χ4v) is 2.62. The topological polar surface area (TPSA) is 81.4 Å². The van der Waals surface area contributed by atoms with E-state index in [1.807, 2.05) is 6.07 Å². The van der Waals surface area contributed by atoms with E-state index in [2.05, 4.69) is 0 Å². The second-order valence-electron chi connectivity index (χ2n) is 5.10. The molecule has 0 radical (unpaired) electrons. The summed E-state index contributed by atoms with van der Waals surface area (Å²) in [5.74, 6) is -1.56. The first kappa shape index (κ1) is 14.1. The van der Waals surface area contributed by atoms with Crippen LogP contribution in [0.25, 0.3) is 0 Å². The number of benzene rings is 1. The molecule has 1 aromatic carbocycles. The number of carboxylic acids is 1. The summed E-state index contributed by atoms with van der Waals surface area (Å²) in [5, 5.41) is 17.8. The van der Waals surface area contributed by atoms with Gasteiger partial charge in [0.25, 0.3) is 0 Å². The highest BCUT2D eigenvalue weighted by atomic mass is 16.4. The van der Waals surface area contributed by atoms with Crippen molar-refractivity contribution >= 4 is 17.6 Å². The number of amides is 1. The number of rotatable bonds is 3. The van der Waals surface area contributed by atoms with Gasteiger partial charge in [0.2, 0.25) is 5.91 Å². The molecule has 0 aliphatic heterocycles. The minimum absolute atomic E-state index is 0.0798. The molecule has 1 saturated carbocycles. The third kappa shape index (κ3) is 2.80. The Balaban J connectivity index is 2.09. The molecule has 1 aromatic rings. The van der Waals surface area contributed by atoms with Gasteiger partial charge in [-0.25, -0.2) is 0 Å². The van der Waals surface area contributed by atoms with Gasteiger partial charge in [-0.15, -0.1) is 0 Å². The quantitative estimate of drug-likeness (QED) is 0.912. The molecule has 1 aliphatic carbocycles. The average molecular weight is 272 g/mol. The van der Waals surface area contributed by atoms with Gasteiger partial charge in [-0.2, -0.15) is 5.26 Å². The van der Waals surface area contributed by atoms with Crippen LogP contribution in [-0.2, 0) is 9.59 Å². The lowest BCUT2D eigenvalue weighted by Crippen LogP contribution is -2.32. The van der Waals surface area contributed by atoms with E-state index >= 15 is 0 Å². The van der Waals surface area contributed by atoms with E-state index in [0.29, 0.717) is 30.5 Å². The summed E-state index contributed by atoms with van der Waals surface area (Å²) in [4.78, 5) is 24.8. The molecule has 1 fully saturated rings. The fraction of sp³-hybridized carbons (Fsp3) is 0.400. The van der Waals surface area contributed by atoms with E-state index in [-0.39, 0.29) is 11.8 Å². The van der Waals surface area contributed by atoms with Gasteiger partial charge in [-0.1, -0.05) is 6.07 Å². The fourth-order valence-electron chi connectivity index (χ4n) is 2.62. The van der Waals surface area contributed by atoms with Crippen molar-refractivity contribution in [1.82, 2.24) is 0 Å². The number of aliphatic carboxylic acids is 1. The maximum absolute atomic E-state index is 12.4. The Morgan fingerprint density at radius 1 is 1.35 bits per heavy atom. The van der Waals surface area contributed by atoms with Gasteiger partial charge in [0.05, 0.1) is 17.6 Å². The number of anilines is 1. The minimum atomic E-state index is -0.825. The maximum atomic E-state index is 12.4. The molecular weight excluding hydrogens is 256 g/mol. The molecule has 2 unspecified atom stereocenters. The van der Waals surface area contributed by atoms with Crippen molar-refractivity contribution < 1.29 is 14.7 Å². The van der Waals surface area contributed by atoms with Crippen LogP contribution in [0.4, 0.5) is 5.69 Å². The number of nitrogens with zero attached hydrogens (tertiary/aromatic N) is 2. The number of hydrogen-bond acceptors (Lipinski definition) is 3. The van der Waals surface area contributed by atoms with E-state index in [4.69, 9.17) is 10.4 Å². The summed E-state index contributed by atoms with van der Waals surface area (Å²) >= 11 is 0. The van der Waals surface area contributed by atoms with Crippen molar-refractivity contribution in [2.24, 2.45) is 11.8 Å². The van der Waals surface area contributed by atoms with Crippen LogP contribution in [0.3, 0.4) is 0 Å². The molecule has 5 nitrogen and oxygen atoms in total. The normalized spacial score (nSPS) is 21.2. The Morgan fingerprint density at radius 2 is 2.05 bits per heavy atom. The highest BCUT2D eigenvalue weighted by molar-refractivity contribution is 5.95. The third-order valence-electron chi connectivity index (χ3n) is 3.82. The number of carboxylic acid groups (broad SMARTS) is 1. The molecule has 0 spiro atoms. The molecule has 1 amide bonds. The Bertz CT molecular complexity index is 577. The first-order valence-electron chi connectivity index (χ1n) is 6.53. The van der Waals surface area contributed by atoms with Crippen molar-refractivity contribution in [2.75, 3.05) is 11.9 Å². The second-order valence-corrected chi connectivity index (χ2v) is 5.10. The predicted molar refractivity (Wildman–Crippen MR) is 73.0 cm³/mol. The Hall–Kier alpha value is -2.35. The number of nitriles is 1. The maximum Gasteiger partial charge on any atom is 0.306 e. The van der Waals surface area contributed by atoms with Crippen LogP contribution in [0.5, 0.6) is 0 Å². The number of hydrogen-bond donors (Lipinski definition) is 1. The van der Waals surface area contributed by atoms with Crippen LogP contribution in [0.1, 0.15) is 24.8 Å². The molecule has 0 aromatic heterocycles. The highest BCUT2D eigenvalue weighted by Crippen LogP contribution is 2.33. The van der Waals surface area contributed by atoms with Crippen LogP contribution >= 0.6 is 0 Å². The molecule has 1 N–H and O–H groups in total. The van der Waals surface area contributed by atoms with Gasteiger partial charge in [0.15, 0.2) is 0 Å². The molecule has 20 heavy (non-hydrogen) atoms. The summed E-state index contributed by atoms with van der Waals surface area (Å²) in [5.41, 5.74) is 1.16. The third-order valence-corrected chi connectivity index (χ3v) is 3.82. The molecule has 0 saturated heterocycles. The van der Waals surface area contributed by atoms with Crippen LogP contribution in [-0.4, -0.2) is 24.0 Å². The SMILES string of the molecule is CN(C(=O)C1CCC(C(=O)O)C1)c1cccc(C#N)c1. The molecular formula is C15H16N2O3. The van der Waals surface area contributed by atoms with Crippen molar-refractivity contribution in [3.63, 3.8) is 0 Å². The smallest absolute Gasteiger partial charge is 0.306 e. The molecule has 0 heterocycles. The number of carbonyl (C=O) groups excluding carboxylic acids is 1. The van der Waals surface area contributed by atoms with Crippen LogP contribution in [0.15, 0.2) is 24.3 Å². The Morgan fingerprint density at radius 3 is 2.65 bits per heavy atom. The van der Waals surface area contributed by atoms with Gasteiger partial charge in [-0.05, 0) is 37.5 Å².